The Kier molecular flexibility index (Phi) is 4.73. The standard InChI is InChI=1S/C20H21FN2/c21-19-9-5-4-6-16(19)14-23-18-10-12-20(15-22,13-11-18)17-7-2-1-3-8-17/h1-9,18,23H,10-14H2. The summed E-state index contributed by atoms with van der Waals surface area (Å²) in [6.07, 6.45) is 3.58. The number of rotatable bonds is 4. The molecule has 3 rings (SSSR count). The van der Waals surface area contributed by atoms with Gasteiger partial charge in [0.05, 0.1) is 11.5 Å². The lowest BCUT2D eigenvalue weighted by atomic mass is 9.69. The average Bonchev–Trinajstić information content (AvgIpc) is 2.62. The van der Waals surface area contributed by atoms with Crippen LogP contribution in [0.15, 0.2) is 54.6 Å². The fraction of sp³-hybridized carbons (Fsp3) is 0.350. The van der Waals surface area contributed by atoms with Crippen molar-refractivity contribution in [3.05, 3.63) is 71.5 Å². The largest absolute Gasteiger partial charge is 0.310 e. The molecule has 0 bridgehead atoms. The minimum Gasteiger partial charge on any atom is -0.310 e. The number of hydrogen-bond acceptors (Lipinski definition) is 2. The van der Waals surface area contributed by atoms with E-state index in [9.17, 15) is 9.65 Å². The van der Waals surface area contributed by atoms with Crippen molar-refractivity contribution in [2.75, 3.05) is 0 Å². The Morgan fingerprint density at radius 3 is 2.35 bits per heavy atom. The van der Waals surface area contributed by atoms with Gasteiger partial charge in [0.25, 0.3) is 0 Å². The molecule has 0 radical (unpaired) electrons. The van der Waals surface area contributed by atoms with Crippen LogP contribution >= 0.6 is 0 Å². The molecule has 118 valence electrons. The Balaban J connectivity index is 1.60. The molecule has 1 aliphatic carbocycles. The summed E-state index contributed by atoms with van der Waals surface area (Å²) in [6.45, 7) is 0.544. The van der Waals surface area contributed by atoms with E-state index in [0.29, 0.717) is 18.2 Å². The smallest absolute Gasteiger partial charge is 0.127 e. The fourth-order valence-corrected chi connectivity index (χ4v) is 3.43. The zero-order chi connectivity index (χ0) is 16.1. The van der Waals surface area contributed by atoms with E-state index in [1.807, 2.05) is 30.3 Å². The number of hydrogen-bond donors (Lipinski definition) is 1. The molecule has 3 heteroatoms. The van der Waals surface area contributed by atoms with Crippen molar-refractivity contribution in [1.82, 2.24) is 5.32 Å². The maximum atomic E-state index is 13.7. The van der Waals surface area contributed by atoms with Gasteiger partial charge in [-0.15, -0.1) is 0 Å². The number of nitrogens with one attached hydrogen (secondary N) is 1. The SMILES string of the molecule is N#CC1(c2ccccc2)CCC(NCc2ccccc2F)CC1. The quantitative estimate of drug-likeness (QED) is 0.913. The summed E-state index contributed by atoms with van der Waals surface area (Å²) in [7, 11) is 0. The Morgan fingerprint density at radius 1 is 1.04 bits per heavy atom. The molecular weight excluding hydrogens is 287 g/mol. The van der Waals surface area contributed by atoms with Gasteiger partial charge in [-0.3, -0.25) is 0 Å². The van der Waals surface area contributed by atoms with Crippen LogP contribution in [0.4, 0.5) is 4.39 Å². The van der Waals surface area contributed by atoms with Gasteiger partial charge in [0.2, 0.25) is 0 Å². The summed E-state index contributed by atoms with van der Waals surface area (Å²) in [5.41, 5.74) is 1.46. The maximum absolute atomic E-state index is 13.7. The molecule has 1 aliphatic rings. The van der Waals surface area contributed by atoms with Crippen LogP contribution in [0.2, 0.25) is 0 Å². The number of halogens is 1. The molecule has 0 heterocycles. The predicted molar refractivity (Wildman–Crippen MR) is 89.2 cm³/mol. The van der Waals surface area contributed by atoms with Crippen molar-refractivity contribution in [1.29, 1.82) is 5.26 Å². The molecule has 23 heavy (non-hydrogen) atoms. The van der Waals surface area contributed by atoms with Crippen LogP contribution in [0.1, 0.15) is 36.8 Å². The van der Waals surface area contributed by atoms with Crippen molar-refractivity contribution < 1.29 is 4.39 Å². The van der Waals surface area contributed by atoms with Crippen LogP contribution < -0.4 is 5.32 Å². The highest BCUT2D eigenvalue weighted by Gasteiger charge is 2.36. The second kappa shape index (κ2) is 6.93. The van der Waals surface area contributed by atoms with Crippen molar-refractivity contribution in [2.45, 2.75) is 43.7 Å². The summed E-state index contributed by atoms with van der Waals surface area (Å²) in [5, 5.41) is 13.1. The van der Waals surface area contributed by atoms with Crippen LogP contribution in [0, 0.1) is 17.1 Å². The van der Waals surface area contributed by atoms with E-state index in [1.165, 1.54) is 6.07 Å². The van der Waals surface area contributed by atoms with E-state index in [1.54, 1.807) is 6.07 Å². The first-order valence-corrected chi connectivity index (χ1v) is 8.17. The average molecular weight is 308 g/mol. The van der Waals surface area contributed by atoms with E-state index >= 15 is 0 Å². The summed E-state index contributed by atoms with van der Waals surface area (Å²) in [5.74, 6) is -0.161. The van der Waals surface area contributed by atoms with Gasteiger partial charge in [-0.1, -0.05) is 48.5 Å². The lowest BCUT2D eigenvalue weighted by Gasteiger charge is -2.35. The van der Waals surface area contributed by atoms with Gasteiger partial charge in [-0.2, -0.15) is 5.26 Å². The summed E-state index contributed by atoms with van der Waals surface area (Å²) in [4.78, 5) is 0. The maximum Gasteiger partial charge on any atom is 0.127 e. The van der Waals surface area contributed by atoms with Crippen molar-refractivity contribution in [3.8, 4) is 6.07 Å². The van der Waals surface area contributed by atoms with Crippen LogP contribution in [0.5, 0.6) is 0 Å². The van der Waals surface area contributed by atoms with Gasteiger partial charge in [-0.05, 0) is 37.3 Å². The zero-order valence-electron chi connectivity index (χ0n) is 13.1. The van der Waals surface area contributed by atoms with E-state index in [2.05, 4.69) is 23.5 Å². The third-order valence-electron chi connectivity index (χ3n) is 4.92. The first kappa shape index (κ1) is 15.7. The van der Waals surface area contributed by atoms with Crippen LogP contribution in [0.3, 0.4) is 0 Å². The number of benzene rings is 2. The minimum atomic E-state index is -0.364. The summed E-state index contributed by atoms with van der Waals surface area (Å²) < 4.78 is 13.7. The zero-order valence-corrected chi connectivity index (χ0v) is 13.1. The molecule has 0 spiro atoms. The van der Waals surface area contributed by atoms with Gasteiger partial charge in [0.1, 0.15) is 5.82 Å². The second-order valence-corrected chi connectivity index (χ2v) is 6.31. The second-order valence-electron chi connectivity index (χ2n) is 6.31. The number of nitriles is 1. The highest BCUT2D eigenvalue weighted by Crippen LogP contribution is 2.39. The Labute approximate surface area is 137 Å². The van der Waals surface area contributed by atoms with E-state index in [0.717, 1.165) is 31.2 Å². The Hall–Kier alpha value is -2.18. The lowest BCUT2D eigenvalue weighted by Crippen LogP contribution is -2.39. The third-order valence-corrected chi connectivity index (χ3v) is 4.92. The van der Waals surface area contributed by atoms with Gasteiger partial charge in [0.15, 0.2) is 0 Å². The molecule has 2 aromatic carbocycles. The molecule has 0 atom stereocenters. The first-order chi connectivity index (χ1) is 11.2. The highest BCUT2D eigenvalue weighted by molar-refractivity contribution is 5.33. The predicted octanol–water partition coefficient (Wildman–Crippen LogP) is 4.32. The summed E-state index contributed by atoms with van der Waals surface area (Å²) in [6, 6.07) is 19.9. The third kappa shape index (κ3) is 3.43. The highest BCUT2D eigenvalue weighted by atomic mass is 19.1. The Bertz CT molecular complexity index is 682. The van der Waals surface area contributed by atoms with Crippen LogP contribution in [-0.2, 0) is 12.0 Å². The topological polar surface area (TPSA) is 35.8 Å². The molecule has 0 aliphatic heterocycles. The van der Waals surface area contributed by atoms with E-state index < -0.39 is 0 Å². The van der Waals surface area contributed by atoms with Crippen LogP contribution in [0.25, 0.3) is 0 Å². The Morgan fingerprint density at radius 2 is 1.70 bits per heavy atom. The molecule has 2 aromatic rings. The molecule has 1 fully saturated rings. The molecule has 0 aromatic heterocycles. The molecule has 0 saturated heterocycles. The molecule has 1 saturated carbocycles. The lowest BCUT2D eigenvalue weighted by molar-refractivity contribution is 0.294. The minimum absolute atomic E-state index is 0.161. The summed E-state index contributed by atoms with van der Waals surface area (Å²) >= 11 is 0. The first-order valence-electron chi connectivity index (χ1n) is 8.17. The monoisotopic (exact) mass is 308 g/mol. The van der Waals surface area contributed by atoms with E-state index in [-0.39, 0.29) is 11.2 Å². The van der Waals surface area contributed by atoms with Crippen molar-refractivity contribution >= 4 is 0 Å². The van der Waals surface area contributed by atoms with Gasteiger partial charge < -0.3 is 5.32 Å². The van der Waals surface area contributed by atoms with Gasteiger partial charge in [-0.25, -0.2) is 4.39 Å². The van der Waals surface area contributed by atoms with Crippen molar-refractivity contribution in [3.63, 3.8) is 0 Å². The van der Waals surface area contributed by atoms with Gasteiger partial charge >= 0.3 is 0 Å². The van der Waals surface area contributed by atoms with Crippen LogP contribution in [-0.4, -0.2) is 6.04 Å². The van der Waals surface area contributed by atoms with Gasteiger partial charge in [0, 0.05) is 18.2 Å². The molecular formula is C20H21FN2. The fourth-order valence-electron chi connectivity index (χ4n) is 3.43. The molecule has 0 amide bonds. The van der Waals surface area contributed by atoms with E-state index in [4.69, 9.17) is 0 Å². The van der Waals surface area contributed by atoms with Crippen molar-refractivity contribution in [2.24, 2.45) is 0 Å². The molecule has 2 nitrogen and oxygen atoms in total. The number of nitrogens with zero attached hydrogens (tertiary/aromatic N) is 1. The molecule has 1 N–H and O–H groups in total. The molecule has 0 unspecified atom stereocenters. The normalized spacial score (nSPS) is 24.1.